The Balaban J connectivity index is 0.00000392. The highest BCUT2D eigenvalue weighted by Crippen LogP contribution is 2.35. The molecule has 0 radical (unpaired) electrons. The number of methoxy groups -OCH3 is 1. The van der Waals surface area contributed by atoms with Gasteiger partial charge in [-0.15, -0.1) is 12.4 Å². The lowest BCUT2D eigenvalue weighted by Gasteiger charge is -2.35. The number of ether oxygens (including phenoxy) is 2. The molecule has 1 saturated heterocycles. The molecule has 28 heavy (non-hydrogen) atoms. The van der Waals surface area contributed by atoms with Crippen LogP contribution in [0.3, 0.4) is 0 Å². The van der Waals surface area contributed by atoms with Crippen molar-refractivity contribution in [3.05, 3.63) is 29.3 Å². The summed E-state index contributed by atoms with van der Waals surface area (Å²) in [6.07, 6.45) is -3.60. The van der Waals surface area contributed by atoms with Gasteiger partial charge in [0.25, 0.3) is 0 Å². The molecule has 1 fully saturated rings. The normalized spacial score (nSPS) is 16.4. The molecule has 0 bridgehead atoms. The van der Waals surface area contributed by atoms with Gasteiger partial charge in [0.05, 0.1) is 23.7 Å². The van der Waals surface area contributed by atoms with E-state index in [9.17, 15) is 18.0 Å². The molecule has 0 atom stereocenters. The topological polar surface area (TPSA) is 59.6 Å². The first-order valence-electron chi connectivity index (χ1n) is 9.03. The highest BCUT2D eigenvalue weighted by molar-refractivity contribution is 5.85. The first-order chi connectivity index (χ1) is 12.7. The zero-order valence-corrected chi connectivity index (χ0v) is 17.1. The van der Waals surface area contributed by atoms with Crippen LogP contribution in [0.15, 0.2) is 18.2 Å². The number of nitrogens with one attached hydrogen (secondary N) is 2. The summed E-state index contributed by atoms with van der Waals surface area (Å²) in [5.41, 5.74) is -1.50. The van der Waals surface area contributed by atoms with E-state index in [4.69, 9.17) is 9.47 Å². The minimum atomic E-state index is -4.53. The molecule has 5 nitrogen and oxygen atoms in total. The van der Waals surface area contributed by atoms with Gasteiger partial charge in [0, 0.05) is 13.7 Å². The minimum Gasteiger partial charge on any atom is -0.491 e. The molecule has 9 heteroatoms. The Kier molecular flexibility index (Phi) is 9.04. The third kappa shape index (κ3) is 6.25. The Morgan fingerprint density at radius 2 is 1.93 bits per heavy atom. The maximum atomic E-state index is 13.4. The van der Waals surface area contributed by atoms with Crippen molar-refractivity contribution in [1.29, 1.82) is 0 Å². The Morgan fingerprint density at radius 1 is 1.29 bits per heavy atom. The zero-order valence-electron chi connectivity index (χ0n) is 16.3. The number of hydrogen-bond acceptors (Lipinski definition) is 4. The Morgan fingerprint density at radius 3 is 2.46 bits per heavy atom. The second kappa shape index (κ2) is 10.3. The number of benzene rings is 1. The van der Waals surface area contributed by atoms with Crippen LogP contribution >= 0.6 is 12.4 Å². The highest BCUT2D eigenvalue weighted by Gasteiger charge is 2.40. The molecule has 1 heterocycles. The molecular formula is C19H28ClF3N2O3. The van der Waals surface area contributed by atoms with Gasteiger partial charge in [0.1, 0.15) is 5.75 Å². The van der Waals surface area contributed by atoms with E-state index in [1.165, 1.54) is 19.2 Å². The fraction of sp³-hybridized carbons (Fsp3) is 0.632. The fourth-order valence-corrected chi connectivity index (χ4v) is 3.30. The Labute approximate surface area is 169 Å². The average Bonchev–Trinajstić information content (AvgIpc) is 2.60. The number of hydrogen-bond donors (Lipinski definition) is 2. The summed E-state index contributed by atoms with van der Waals surface area (Å²) in [5.74, 6) is -0.122. The summed E-state index contributed by atoms with van der Waals surface area (Å²) in [6.45, 7) is 4.88. The zero-order chi connectivity index (χ0) is 20.1. The molecule has 2 N–H and O–H groups in total. The first-order valence-corrected chi connectivity index (χ1v) is 9.03. The average molecular weight is 425 g/mol. The number of rotatable bonds is 7. The lowest BCUT2D eigenvalue weighted by molar-refractivity contribution is -0.140. The number of halogens is 4. The molecule has 2 rings (SSSR count). The van der Waals surface area contributed by atoms with E-state index in [2.05, 4.69) is 10.6 Å². The number of carbonyl (C=O) groups excluding carboxylic acids is 1. The van der Waals surface area contributed by atoms with Crippen molar-refractivity contribution >= 4 is 18.3 Å². The molecule has 0 unspecified atom stereocenters. The van der Waals surface area contributed by atoms with Gasteiger partial charge in [-0.25, -0.2) is 0 Å². The second-order valence-electron chi connectivity index (χ2n) is 7.13. The van der Waals surface area contributed by atoms with E-state index < -0.39 is 17.2 Å². The minimum absolute atomic E-state index is 0. The van der Waals surface area contributed by atoms with Crippen molar-refractivity contribution in [2.45, 2.75) is 45.5 Å². The molecule has 0 aromatic heterocycles. The van der Waals surface area contributed by atoms with Crippen molar-refractivity contribution < 1.29 is 27.4 Å². The van der Waals surface area contributed by atoms with E-state index in [0.717, 1.165) is 6.07 Å². The summed E-state index contributed by atoms with van der Waals surface area (Å²) in [5, 5.41) is 5.86. The number of carbonyl (C=O) groups is 1. The summed E-state index contributed by atoms with van der Waals surface area (Å²) >= 11 is 0. The molecule has 1 aromatic rings. The lowest BCUT2D eigenvalue weighted by Crippen LogP contribution is -2.50. The third-order valence-corrected chi connectivity index (χ3v) is 4.66. The molecule has 1 aliphatic heterocycles. The van der Waals surface area contributed by atoms with Gasteiger partial charge in [-0.1, -0.05) is 6.07 Å². The van der Waals surface area contributed by atoms with Crippen molar-refractivity contribution in [3.8, 4) is 5.75 Å². The summed E-state index contributed by atoms with van der Waals surface area (Å²) in [4.78, 5) is 12.7. The smallest absolute Gasteiger partial charge is 0.416 e. The van der Waals surface area contributed by atoms with Gasteiger partial charge >= 0.3 is 6.18 Å². The van der Waals surface area contributed by atoms with E-state index >= 15 is 0 Å². The first kappa shape index (κ1) is 24.5. The van der Waals surface area contributed by atoms with Crippen molar-refractivity contribution in [2.24, 2.45) is 5.41 Å². The molecule has 160 valence electrons. The molecule has 1 amide bonds. The van der Waals surface area contributed by atoms with Gasteiger partial charge < -0.3 is 20.1 Å². The Hall–Kier alpha value is -1.51. The second-order valence-corrected chi connectivity index (χ2v) is 7.13. The van der Waals surface area contributed by atoms with Crippen LogP contribution in [-0.2, 0) is 22.3 Å². The SMILES string of the molecule is COCC1(C(=O)NCc2ccc(OC(C)C)cc2C(F)(F)F)CCNCC1.Cl. The van der Waals surface area contributed by atoms with Crippen molar-refractivity contribution in [1.82, 2.24) is 10.6 Å². The maximum Gasteiger partial charge on any atom is 0.416 e. The largest absolute Gasteiger partial charge is 0.491 e. The molecule has 0 saturated carbocycles. The number of piperidine rings is 1. The van der Waals surface area contributed by atoms with Gasteiger partial charge in [0.15, 0.2) is 0 Å². The molecule has 0 aliphatic carbocycles. The number of amides is 1. The molecule has 1 aliphatic rings. The van der Waals surface area contributed by atoms with Crippen LogP contribution in [0.4, 0.5) is 13.2 Å². The Bertz CT molecular complexity index is 642. The van der Waals surface area contributed by atoms with Gasteiger partial charge in [0.2, 0.25) is 5.91 Å². The van der Waals surface area contributed by atoms with Crippen molar-refractivity contribution in [3.63, 3.8) is 0 Å². The van der Waals surface area contributed by atoms with Gasteiger partial charge in [-0.2, -0.15) is 13.2 Å². The maximum absolute atomic E-state index is 13.4. The summed E-state index contributed by atoms with van der Waals surface area (Å²) < 4.78 is 50.9. The van der Waals surface area contributed by atoms with Crippen LogP contribution in [0.1, 0.15) is 37.8 Å². The van der Waals surface area contributed by atoms with Crippen LogP contribution in [-0.4, -0.2) is 38.8 Å². The van der Waals surface area contributed by atoms with Crippen LogP contribution < -0.4 is 15.4 Å². The van der Waals surface area contributed by atoms with Gasteiger partial charge in [-0.05, 0) is 57.5 Å². The highest BCUT2D eigenvalue weighted by atomic mass is 35.5. The van der Waals surface area contributed by atoms with Crippen LogP contribution in [0.2, 0.25) is 0 Å². The number of alkyl halides is 3. The third-order valence-electron chi connectivity index (χ3n) is 4.66. The van der Waals surface area contributed by atoms with Crippen LogP contribution in [0, 0.1) is 5.41 Å². The van der Waals surface area contributed by atoms with Crippen LogP contribution in [0.25, 0.3) is 0 Å². The van der Waals surface area contributed by atoms with E-state index in [-0.39, 0.29) is 48.9 Å². The monoisotopic (exact) mass is 424 g/mol. The van der Waals surface area contributed by atoms with Crippen molar-refractivity contribution in [2.75, 3.05) is 26.8 Å². The fourth-order valence-electron chi connectivity index (χ4n) is 3.30. The lowest BCUT2D eigenvalue weighted by atomic mass is 9.78. The predicted octanol–water partition coefficient (Wildman–Crippen LogP) is 3.55. The van der Waals surface area contributed by atoms with E-state index in [1.807, 2.05) is 0 Å². The molecular weight excluding hydrogens is 397 g/mol. The predicted molar refractivity (Wildman–Crippen MR) is 103 cm³/mol. The molecule has 0 spiro atoms. The van der Waals surface area contributed by atoms with E-state index in [1.54, 1.807) is 13.8 Å². The van der Waals surface area contributed by atoms with E-state index in [0.29, 0.717) is 25.9 Å². The van der Waals surface area contributed by atoms with Gasteiger partial charge in [-0.3, -0.25) is 4.79 Å². The quantitative estimate of drug-likeness (QED) is 0.702. The summed E-state index contributed by atoms with van der Waals surface area (Å²) in [7, 11) is 1.52. The molecule has 1 aromatic carbocycles. The standard InChI is InChI=1S/C19H27F3N2O3.ClH/c1-13(2)27-15-5-4-14(16(10-15)19(20,21)22)11-24-17(25)18(12-26-3)6-8-23-9-7-18;/h4-5,10,13,23H,6-9,11-12H2,1-3H3,(H,24,25);1H. The van der Waals surface area contributed by atoms with Crippen LogP contribution in [0.5, 0.6) is 5.75 Å². The summed E-state index contributed by atoms with van der Waals surface area (Å²) in [6, 6.07) is 3.83.